The Morgan fingerprint density at radius 3 is 2.33 bits per heavy atom. The lowest BCUT2D eigenvalue weighted by Crippen LogP contribution is -2.70. The number of carbonyl (C=O) groups excluding carboxylic acids is 2. The summed E-state index contributed by atoms with van der Waals surface area (Å²) in [5.74, 6) is -2.19. The molecule has 1 atom stereocenters. The molecule has 1 spiro atoms. The van der Waals surface area contributed by atoms with Gasteiger partial charge in [-0.15, -0.1) is 0 Å². The van der Waals surface area contributed by atoms with Gasteiger partial charge in [-0.25, -0.2) is 0 Å². The van der Waals surface area contributed by atoms with Crippen molar-refractivity contribution < 1.29 is 19.1 Å². The molecule has 1 unspecified atom stereocenters. The maximum absolute atomic E-state index is 13.4. The third kappa shape index (κ3) is 2.98. The van der Waals surface area contributed by atoms with Crippen molar-refractivity contribution in [3.8, 4) is 0 Å². The summed E-state index contributed by atoms with van der Waals surface area (Å²) in [6, 6.07) is 17.9. The maximum atomic E-state index is 13.4. The number of rotatable bonds is 2. The Kier molecular flexibility index (Phi) is 4.36. The van der Waals surface area contributed by atoms with Crippen LogP contribution in [-0.4, -0.2) is 48.3 Å². The normalized spacial score (nSPS) is 24.6. The van der Waals surface area contributed by atoms with Crippen LogP contribution in [0.1, 0.15) is 25.0 Å². The number of hydrogen-bond acceptors (Lipinski definition) is 6. The highest BCUT2D eigenvalue weighted by molar-refractivity contribution is 6.04. The number of cyclic esters (lactones) is 2. The van der Waals surface area contributed by atoms with Gasteiger partial charge in [0, 0.05) is 52.1 Å². The van der Waals surface area contributed by atoms with Crippen molar-refractivity contribution in [2.75, 3.05) is 24.5 Å². The van der Waals surface area contributed by atoms with Crippen LogP contribution < -0.4 is 4.90 Å². The van der Waals surface area contributed by atoms with Crippen LogP contribution in [0.15, 0.2) is 54.6 Å². The molecule has 0 N–H and O–H groups in total. The number of para-hydroxylation sites is 1. The average molecular weight is 406 g/mol. The topological polar surface area (TPSA) is 59.1 Å². The number of piperazine rings is 1. The zero-order valence-corrected chi connectivity index (χ0v) is 17.3. The molecule has 0 amide bonds. The Balaban J connectivity index is 1.53. The number of anilines is 1. The summed E-state index contributed by atoms with van der Waals surface area (Å²) in [4.78, 5) is 31.2. The summed E-state index contributed by atoms with van der Waals surface area (Å²) in [6.45, 7) is 6.16. The van der Waals surface area contributed by atoms with E-state index in [9.17, 15) is 9.59 Å². The number of nitrogens with zero attached hydrogens (tertiary/aromatic N) is 2. The number of fused-ring (bicyclic) bond motifs is 4. The SMILES string of the molecule is CC1(C)OC(=O)C2(Cc3ccccc3N3CCN(Cc4ccccc4)CC32)C(=O)O1. The van der Waals surface area contributed by atoms with Crippen molar-refractivity contribution in [2.45, 2.75) is 38.6 Å². The predicted octanol–water partition coefficient (Wildman–Crippen LogP) is 2.76. The van der Waals surface area contributed by atoms with E-state index >= 15 is 0 Å². The van der Waals surface area contributed by atoms with E-state index in [2.05, 4.69) is 28.0 Å². The van der Waals surface area contributed by atoms with Crippen molar-refractivity contribution in [1.29, 1.82) is 0 Å². The van der Waals surface area contributed by atoms with Gasteiger partial charge in [0.05, 0.1) is 6.04 Å². The highest BCUT2D eigenvalue weighted by Gasteiger charge is 2.64. The van der Waals surface area contributed by atoms with Crippen molar-refractivity contribution in [3.05, 3.63) is 65.7 Å². The van der Waals surface area contributed by atoms with Gasteiger partial charge in [0.1, 0.15) is 0 Å². The van der Waals surface area contributed by atoms with Crippen LogP contribution in [0, 0.1) is 5.41 Å². The molecular weight excluding hydrogens is 380 g/mol. The van der Waals surface area contributed by atoms with Crippen molar-refractivity contribution in [3.63, 3.8) is 0 Å². The Bertz CT molecular complexity index is 968. The fraction of sp³-hybridized carbons (Fsp3) is 0.417. The van der Waals surface area contributed by atoms with Crippen LogP contribution in [0.3, 0.4) is 0 Å². The van der Waals surface area contributed by atoms with Gasteiger partial charge < -0.3 is 14.4 Å². The molecule has 0 aliphatic carbocycles. The first kappa shape index (κ1) is 19.1. The number of carbonyl (C=O) groups is 2. The summed E-state index contributed by atoms with van der Waals surface area (Å²) in [7, 11) is 0. The third-order valence-electron chi connectivity index (χ3n) is 6.46. The summed E-state index contributed by atoms with van der Waals surface area (Å²) in [6.07, 6.45) is 0.303. The number of hydrogen-bond donors (Lipinski definition) is 0. The Labute approximate surface area is 176 Å². The van der Waals surface area contributed by atoms with Crippen LogP contribution in [-0.2, 0) is 32.0 Å². The standard InChI is InChI=1S/C24H26N2O4/c1-23(2)29-21(27)24(22(28)30-23)14-18-10-6-7-11-19(18)26-13-12-25(16-20(24)26)15-17-8-4-3-5-9-17/h3-11,20H,12-16H2,1-2H3. The molecule has 6 heteroatoms. The van der Waals surface area contributed by atoms with E-state index in [1.54, 1.807) is 13.8 Å². The summed E-state index contributed by atoms with van der Waals surface area (Å²) in [5, 5.41) is 0. The molecular formula is C24H26N2O4. The van der Waals surface area contributed by atoms with Gasteiger partial charge >= 0.3 is 11.9 Å². The smallest absolute Gasteiger partial charge is 0.329 e. The number of esters is 2. The van der Waals surface area contributed by atoms with Gasteiger partial charge in [-0.05, 0) is 17.2 Å². The molecule has 2 aromatic carbocycles. The lowest BCUT2D eigenvalue weighted by atomic mass is 9.69. The average Bonchev–Trinajstić information content (AvgIpc) is 2.72. The monoisotopic (exact) mass is 406 g/mol. The molecule has 3 aliphatic heterocycles. The van der Waals surface area contributed by atoms with Crippen LogP contribution in [0.4, 0.5) is 5.69 Å². The first-order valence-electron chi connectivity index (χ1n) is 10.5. The molecule has 6 nitrogen and oxygen atoms in total. The molecule has 3 aliphatic rings. The molecule has 2 saturated heterocycles. The Morgan fingerprint density at radius 2 is 1.60 bits per heavy atom. The number of benzene rings is 2. The lowest BCUT2D eigenvalue weighted by molar-refractivity contribution is -0.253. The zero-order valence-electron chi connectivity index (χ0n) is 17.3. The Morgan fingerprint density at radius 1 is 0.933 bits per heavy atom. The first-order valence-corrected chi connectivity index (χ1v) is 10.5. The summed E-state index contributed by atoms with van der Waals surface area (Å²) in [5.41, 5.74) is 1.95. The molecule has 0 radical (unpaired) electrons. The molecule has 30 heavy (non-hydrogen) atoms. The minimum absolute atomic E-state index is 0.303. The minimum atomic E-state index is -1.35. The van der Waals surface area contributed by atoms with E-state index in [0.717, 1.165) is 30.9 Å². The second-order valence-corrected chi connectivity index (χ2v) is 8.89. The zero-order chi connectivity index (χ0) is 20.9. The molecule has 0 saturated carbocycles. The first-order chi connectivity index (χ1) is 14.4. The summed E-state index contributed by atoms with van der Waals surface area (Å²) >= 11 is 0. The van der Waals surface area contributed by atoms with Crippen molar-refractivity contribution in [1.82, 2.24) is 4.90 Å². The van der Waals surface area contributed by atoms with E-state index in [1.165, 1.54) is 5.56 Å². The van der Waals surface area contributed by atoms with Gasteiger partial charge in [0.15, 0.2) is 5.41 Å². The lowest BCUT2D eigenvalue weighted by Gasteiger charge is -2.54. The molecule has 0 bridgehead atoms. The van der Waals surface area contributed by atoms with E-state index in [0.29, 0.717) is 13.0 Å². The van der Waals surface area contributed by atoms with Gasteiger partial charge in [-0.3, -0.25) is 14.5 Å². The van der Waals surface area contributed by atoms with E-state index in [1.807, 2.05) is 36.4 Å². The largest absolute Gasteiger partial charge is 0.422 e. The van der Waals surface area contributed by atoms with E-state index in [-0.39, 0.29) is 6.04 Å². The van der Waals surface area contributed by atoms with E-state index < -0.39 is 23.1 Å². The van der Waals surface area contributed by atoms with Gasteiger partial charge in [0.2, 0.25) is 0 Å². The molecule has 5 rings (SSSR count). The van der Waals surface area contributed by atoms with Crippen molar-refractivity contribution in [2.24, 2.45) is 5.41 Å². The fourth-order valence-corrected chi connectivity index (χ4v) is 5.04. The molecule has 2 aromatic rings. The van der Waals surface area contributed by atoms with Gasteiger partial charge in [-0.1, -0.05) is 48.5 Å². The van der Waals surface area contributed by atoms with Crippen LogP contribution in [0.5, 0.6) is 0 Å². The Hall–Kier alpha value is -2.86. The number of ether oxygens (including phenoxy) is 2. The molecule has 2 fully saturated rings. The quantitative estimate of drug-likeness (QED) is 0.565. The minimum Gasteiger partial charge on any atom is -0.422 e. The van der Waals surface area contributed by atoms with Crippen LogP contribution >= 0.6 is 0 Å². The van der Waals surface area contributed by atoms with E-state index in [4.69, 9.17) is 9.47 Å². The predicted molar refractivity (Wildman–Crippen MR) is 112 cm³/mol. The van der Waals surface area contributed by atoms with Gasteiger partial charge in [0.25, 0.3) is 5.79 Å². The van der Waals surface area contributed by atoms with Crippen LogP contribution in [0.2, 0.25) is 0 Å². The molecule has 156 valence electrons. The van der Waals surface area contributed by atoms with Gasteiger partial charge in [-0.2, -0.15) is 0 Å². The molecule has 3 heterocycles. The molecule has 0 aromatic heterocycles. The highest BCUT2D eigenvalue weighted by atomic mass is 16.7. The third-order valence-corrected chi connectivity index (χ3v) is 6.46. The summed E-state index contributed by atoms with van der Waals surface area (Å²) < 4.78 is 11.3. The maximum Gasteiger partial charge on any atom is 0.329 e. The fourth-order valence-electron chi connectivity index (χ4n) is 5.04. The van der Waals surface area contributed by atoms with Crippen LogP contribution in [0.25, 0.3) is 0 Å². The second kappa shape index (κ2) is 6.84. The highest BCUT2D eigenvalue weighted by Crippen LogP contribution is 2.47. The second-order valence-electron chi connectivity index (χ2n) is 8.89. The van der Waals surface area contributed by atoms with Crippen molar-refractivity contribution >= 4 is 17.6 Å².